The van der Waals surface area contributed by atoms with Crippen LogP contribution in [0.5, 0.6) is 0 Å². The number of aromatic nitrogens is 1. The van der Waals surface area contributed by atoms with Gasteiger partial charge in [-0.25, -0.2) is 4.98 Å². The van der Waals surface area contributed by atoms with E-state index < -0.39 is 0 Å². The summed E-state index contributed by atoms with van der Waals surface area (Å²) in [4.78, 5) is 15.8. The Hall–Kier alpha value is -2.07. The fraction of sp³-hybridized carbons (Fsp3) is 0. The number of nitrogens with zero attached hydrogens (tertiary/aromatic N) is 1. The number of halogens is 1. The van der Waals surface area contributed by atoms with Crippen molar-refractivity contribution in [3.05, 3.63) is 53.2 Å². The lowest BCUT2D eigenvalue weighted by atomic mass is 10.2. The summed E-state index contributed by atoms with van der Waals surface area (Å²) in [5.74, 6) is 0.189. The molecule has 0 unspecified atom stereocenters. The molecule has 0 atom stereocenters. The third-order valence-electron chi connectivity index (χ3n) is 2.09. The fourth-order valence-corrected chi connectivity index (χ4v) is 1.61. The van der Waals surface area contributed by atoms with E-state index in [9.17, 15) is 4.79 Å². The SMILES string of the molecule is Nc1cc(Cl)cc(C(=O)Nc2ccccn2)c1. The molecule has 0 spiro atoms. The van der Waals surface area contributed by atoms with Crippen LogP contribution in [-0.4, -0.2) is 10.9 Å². The molecule has 17 heavy (non-hydrogen) atoms. The van der Waals surface area contributed by atoms with E-state index in [1.807, 2.05) is 0 Å². The minimum Gasteiger partial charge on any atom is -0.399 e. The van der Waals surface area contributed by atoms with Gasteiger partial charge in [0.15, 0.2) is 0 Å². The van der Waals surface area contributed by atoms with E-state index in [-0.39, 0.29) is 5.91 Å². The maximum Gasteiger partial charge on any atom is 0.256 e. The highest BCUT2D eigenvalue weighted by Crippen LogP contribution is 2.17. The van der Waals surface area contributed by atoms with Gasteiger partial charge >= 0.3 is 0 Å². The van der Waals surface area contributed by atoms with Crippen LogP contribution in [0.2, 0.25) is 5.02 Å². The van der Waals surface area contributed by atoms with Crippen LogP contribution in [0.15, 0.2) is 42.6 Å². The van der Waals surface area contributed by atoms with Crippen molar-refractivity contribution >= 4 is 29.0 Å². The lowest BCUT2D eigenvalue weighted by molar-refractivity contribution is 0.102. The number of carbonyl (C=O) groups is 1. The smallest absolute Gasteiger partial charge is 0.256 e. The van der Waals surface area contributed by atoms with E-state index in [2.05, 4.69) is 10.3 Å². The summed E-state index contributed by atoms with van der Waals surface area (Å²) in [6.07, 6.45) is 1.60. The number of hydrogen-bond acceptors (Lipinski definition) is 3. The molecule has 5 heteroatoms. The fourth-order valence-electron chi connectivity index (χ4n) is 1.37. The number of benzene rings is 1. The monoisotopic (exact) mass is 247 g/mol. The standard InChI is InChI=1S/C12H10ClN3O/c13-9-5-8(6-10(14)7-9)12(17)16-11-3-1-2-4-15-11/h1-7H,14H2,(H,15,16,17). The van der Waals surface area contributed by atoms with Crippen molar-refractivity contribution in [1.29, 1.82) is 0 Å². The summed E-state index contributed by atoms with van der Waals surface area (Å²) >= 11 is 5.82. The molecule has 0 saturated heterocycles. The van der Waals surface area contributed by atoms with Gasteiger partial charge in [-0.1, -0.05) is 17.7 Å². The normalized spacial score (nSPS) is 9.94. The van der Waals surface area contributed by atoms with Crippen molar-refractivity contribution in [2.75, 3.05) is 11.1 Å². The molecule has 86 valence electrons. The van der Waals surface area contributed by atoms with Gasteiger partial charge in [0.25, 0.3) is 5.91 Å². The van der Waals surface area contributed by atoms with Gasteiger partial charge in [0.2, 0.25) is 0 Å². The van der Waals surface area contributed by atoms with Crippen LogP contribution >= 0.6 is 11.6 Å². The van der Waals surface area contributed by atoms with Crippen LogP contribution < -0.4 is 11.1 Å². The quantitative estimate of drug-likeness (QED) is 0.802. The molecule has 1 amide bonds. The number of pyridine rings is 1. The molecule has 0 aliphatic rings. The van der Waals surface area contributed by atoms with Crippen molar-refractivity contribution in [2.45, 2.75) is 0 Å². The Bertz CT molecular complexity index is 522. The van der Waals surface area contributed by atoms with Gasteiger partial charge < -0.3 is 11.1 Å². The van der Waals surface area contributed by atoms with Gasteiger partial charge in [-0.2, -0.15) is 0 Å². The number of nitrogen functional groups attached to an aromatic ring is 1. The van der Waals surface area contributed by atoms with Crippen LogP contribution in [0.3, 0.4) is 0 Å². The first-order valence-electron chi connectivity index (χ1n) is 4.93. The van der Waals surface area contributed by atoms with E-state index >= 15 is 0 Å². The first kappa shape index (κ1) is 11.4. The Labute approximate surface area is 103 Å². The van der Waals surface area contributed by atoms with Gasteiger partial charge in [0, 0.05) is 22.5 Å². The van der Waals surface area contributed by atoms with Crippen LogP contribution in [0, 0.1) is 0 Å². The maximum absolute atomic E-state index is 11.9. The molecule has 0 fully saturated rings. The molecule has 0 saturated carbocycles. The molecule has 1 aromatic heterocycles. The van der Waals surface area contributed by atoms with Gasteiger partial charge in [-0.15, -0.1) is 0 Å². The van der Waals surface area contributed by atoms with E-state index in [0.29, 0.717) is 22.1 Å². The zero-order chi connectivity index (χ0) is 12.3. The molecule has 0 bridgehead atoms. The highest BCUT2D eigenvalue weighted by molar-refractivity contribution is 6.31. The van der Waals surface area contributed by atoms with E-state index in [1.165, 1.54) is 0 Å². The Morgan fingerprint density at radius 1 is 1.29 bits per heavy atom. The average molecular weight is 248 g/mol. The number of carbonyl (C=O) groups excluding carboxylic acids is 1. The Kier molecular flexibility index (Phi) is 3.25. The summed E-state index contributed by atoms with van der Waals surface area (Å²) in [5, 5.41) is 3.08. The maximum atomic E-state index is 11.9. The van der Waals surface area contributed by atoms with Crippen LogP contribution in [0.1, 0.15) is 10.4 Å². The van der Waals surface area contributed by atoms with E-state index in [1.54, 1.807) is 42.6 Å². The topological polar surface area (TPSA) is 68.0 Å². The highest BCUT2D eigenvalue weighted by atomic mass is 35.5. The van der Waals surface area contributed by atoms with Gasteiger partial charge in [0.1, 0.15) is 5.82 Å². The van der Waals surface area contributed by atoms with Crippen LogP contribution in [0.25, 0.3) is 0 Å². The summed E-state index contributed by atoms with van der Waals surface area (Å²) in [6.45, 7) is 0. The molecule has 0 aliphatic heterocycles. The van der Waals surface area contributed by atoms with E-state index in [4.69, 9.17) is 17.3 Å². The summed E-state index contributed by atoms with van der Waals surface area (Å²) in [5.41, 5.74) is 6.46. The zero-order valence-corrected chi connectivity index (χ0v) is 9.61. The van der Waals surface area contributed by atoms with Gasteiger partial charge in [-0.05, 0) is 30.3 Å². The Balaban J connectivity index is 2.20. The number of nitrogens with one attached hydrogen (secondary N) is 1. The predicted molar refractivity (Wildman–Crippen MR) is 68.1 cm³/mol. The van der Waals surface area contributed by atoms with Crippen molar-refractivity contribution in [1.82, 2.24) is 4.98 Å². The van der Waals surface area contributed by atoms with Gasteiger partial charge in [-0.3, -0.25) is 4.79 Å². The van der Waals surface area contributed by atoms with Crippen LogP contribution in [-0.2, 0) is 0 Å². The summed E-state index contributed by atoms with van der Waals surface area (Å²) in [7, 11) is 0. The number of rotatable bonds is 2. The lowest BCUT2D eigenvalue weighted by Gasteiger charge is -2.05. The molecule has 1 aromatic carbocycles. The third kappa shape index (κ3) is 2.95. The van der Waals surface area contributed by atoms with E-state index in [0.717, 1.165) is 0 Å². The van der Waals surface area contributed by atoms with Crippen molar-refractivity contribution in [2.24, 2.45) is 0 Å². The minimum atomic E-state index is -0.294. The second kappa shape index (κ2) is 4.84. The predicted octanol–water partition coefficient (Wildman–Crippen LogP) is 2.57. The van der Waals surface area contributed by atoms with Crippen LogP contribution in [0.4, 0.5) is 11.5 Å². The first-order chi connectivity index (χ1) is 8.15. The van der Waals surface area contributed by atoms with Gasteiger partial charge in [0.05, 0.1) is 0 Å². The zero-order valence-electron chi connectivity index (χ0n) is 8.85. The molecule has 2 aromatic rings. The number of nitrogens with two attached hydrogens (primary N) is 1. The Morgan fingerprint density at radius 2 is 2.12 bits per heavy atom. The first-order valence-corrected chi connectivity index (χ1v) is 5.31. The Morgan fingerprint density at radius 3 is 2.76 bits per heavy atom. The summed E-state index contributed by atoms with van der Waals surface area (Å²) in [6, 6.07) is 9.95. The second-order valence-electron chi connectivity index (χ2n) is 3.44. The number of hydrogen-bond donors (Lipinski definition) is 2. The summed E-state index contributed by atoms with van der Waals surface area (Å²) < 4.78 is 0. The molecular weight excluding hydrogens is 238 g/mol. The largest absolute Gasteiger partial charge is 0.399 e. The molecule has 1 heterocycles. The molecular formula is C12H10ClN3O. The average Bonchev–Trinajstić information content (AvgIpc) is 2.29. The third-order valence-corrected chi connectivity index (χ3v) is 2.31. The highest BCUT2D eigenvalue weighted by Gasteiger charge is 2.08. The molecule has 0 radical (unpaired) electrons. The van der Waals surface area contributed by atoms with Crippen molar-refractivity contribution < 1.29 is 4.79 Å². The molecule has 2 rings (SSSR count). The molecule has 4 nitrogen and oxygen atoms in total. The lowest BCUT2D eigenvalue weighted by Crippen LogP contribution is -2.13. The van der Waals surface area contributed by atoms with Crippen molar-refractivity contribution in [3.63, 3.8) is 0 Å². The molecule has 3 N–H and O–H groups in total. The second-order valence-corrected chi connectivity index (χ2v) is 3.88. The molecule has 0 aliphatic carbocycles. The number of anilines is 2. The minimum absolute atomic E-state index is 0.294. The van der Waals surface area contributed by atoms with Crippen molar-refractivity contribution in [3.8, 4) is 0 Å². The number of amides is 1.